The summed E-state index contributed by atoms with van der Waals surface area (Å²) >= 11 is 5.91. The van der Waals surface area contributed by atoms with E-state index in [1.54, 1.807) is 19.4 Å². The van der Waals surface area contributed by atoms with Gasteiger partial charge in [-0.05, 0) is 49.1 Å². The largest absolute Gasteiger partial charge is 0.497 e. The molecule has 0 amide bonds. The Morgan fingerprint density at radius 3 is 2.92 bits per heavy atom. The van der Waals surface area contributed by atoms with E-state index in [2.05, 4.69) is 4.98 Å². The zero-order valence-electron chi connectivity index (χ0n) is 14.1. The average molecular weight is 361 g/mol. The van der Waals surface area contributed by atoms with Crippen molar-refractivity contribution in [1.29, 1.82) is 0 Å². The number of nitrogens with zero attached hydrogens (tertiary/aromatic N) is 2. The maximum atomic E-state index is 12.2. The van der Waals surface area contributed by atoms with Crippen LogP contribution in [0.3, 0.4) is 0 Å². The maximum Gasteiger partial charge on any atom is 0.311 e. The second kappa shape index (κ2) is 7.31. The number of aromatic nitrogens is 1. The van der Waals surface area contributed by atoms with Crippen molar-refractivity contribution in [1.82, 2.24) is 4.98 Å². The van der Waals surface area contributed by atoms with Crippen LogP contribution in [0.4, 0.5) is 5.82 Å². The third-order valence-corrected chi connectivity index (χ3v) is 4.97. The predicted octanol–water partition coefficient (Wildman–Crippen LogP) is 3.66. The minimum atomic E-state index is -0.841. The van der Waals surface area contributed by atoms with Gasteiger partial charge in [-0.25, -0.2) is 4.98 Å². The topological polar surface area (TPSA) is 62.7 Å². The molecule has 1 aliphatic rings. The number of benzene rings is 1. The quantitative estimate of drug-likeness (QED) is 0.881. The van der Waals surface area contributed by atoms with Gasteiger partial charge in [0, 0.05) is 19.3 Å². The van der Waals surface area contributed by atoms with Crippen molar-refractivity contribution < 1.29 is 14.6 Å². The Bertz CT molecular complexity index is 751. The fourth-order valence-electron chi connectivity index (χ4n) is 3.45. The van der Waals surface area contributed by atoms with E-state index in [1.165, 1.54) is 0 Å². The second-order valence-electron chi connectivity index (χ2n) is 6.47. The molecule has 1 atom stereocenters. The molecule has 0 aliphatic carbocycles. The van der Waals surface area contributed by atoms with Crippen molar-refractivity contribution in [3.8, 4) is 5.75 Å². The summed E-state index contributed by atoms with van der Waals surface area (Å²) in [7, 11) is 1.61. The molecule has 2 aromatic rings. The molecule has 0 unspecified atom stereocenters. The van der Waals surface area contributed by atoms with E-state index in [0.29, 0.717) is 24.4 Å². The number of hydrogen-bond acceptors (Lipinski definition) is 4. The van der Waals surface area contributed by atoms with Crippen LogP contribution in [0.1, 0.15) is 18.4 Å². The van der Waals surface area contributed by atoms with Crippen LogP contribution >= 0.6 is 11.6 Å². The monoisotopic (exact) mass is 360 g/mol. The second-order valence-corrected chi connectivity index (χ2v) is 6.91. The number of ether oxygens (including phenoxy) is 1. The van der Waals surface area contributed by atoms with Gasteiger partial charge in [-0.1, -0.05) is 23.7 Å². The van der Waals surface area contributed by atoms with Gasteiger partial charge in [0.1, 0.15) is 11.6 Å². The number of piperidine rings is 1. The van der Waals surface area contributed by atoms with Gasteiger partial charge in [0.25, 0.3) is 0 Å². The van der Waals surface area contributed by atoms with E-state index in [9.17, 15) is 9.90 Å². The van der Waals surface area contributed by atoms with Crippen molar-refractivity contribution in [2.75, 3.05) is 25.1 Å². The van der Waals surface area contributed by atoms with Crippen molar-refractivity contribution in [3.63, 3.8) is 0 Å². The van der Waals surface area contributed by atoms with E-state index in [0.717, 1.165) is 30.1 Å². The molecule has 0 radical (unpaired) electrons. The Balaban J connectivity index is 1.86. The van der Waals surface area contributed by atoms with Crippen LogP contribution in [0, 0.1) is 5.41 Å². The molecule has 1 aliphatic heterocycles. The number of pyridine rings is 1. The number of hydrogen-bond donors (Lipinski definition) is 1. The van der Waals surface area contributed by atoms with Crippen molar-refractivity contribution in [2.45, 2.75) is 19.3 Å². The van der Waals surface area contributed by atoms with Gasteiger partial charge in [0.05, 0.1) is 17.5 Å². The highest BCUT2D eigenvalue weighted by molar-refractivity contribution is 6.30. The van der Waals surface area contributed by atoms with E-state index in [1.807, 2.05) is 35.2 Å². The summed E-state index contributed by atoms with van der Waals surface area (Å²) in [6, 6.07) is 11.2. The number of halogens is 1. The lowest BCUT2D eigenvalue weighted by Crippen LogP contribution is -2.49. The van der Waals surface area contributed by atoms with Crippen LogP contribution in [-0.2, 0) is 11.2 Å². The van der Waals surface area contributed by atoms with E-state index in [4.69, 9.17) is 16.3 Å². The summed E-state index contributed by atoms with van der Waals surface area (Å²) in [6.07, 6.45) is 3.50. The van der Waals surface area contributed by atoms with Crippen LogP contribution in [0.5, 0.6) is 5.75 Å². The molecule has 1 N–H and O–H groups in total. The summed E-state index contributed by atoms with van der Waals surface area (Å²) in [5.41, 5.74) is 0.124. The predicted molar refractivity (Wildman–Crippen MR) is 97.5 cm³/mol. The Kier molecular flexibility index (Phi) is 5.13. The van der Waals surface area contributed by atoms with Crippen LogP contribution in [0.25, 0.3) is 0 Å². The zero-order chi connectivity index (χ0) is 17.9. The number of carboxylic acid groups (broad SMARTS) is 1. The summed E-state index contributed by atoms with van der Waals surface area (Å²) in [5.74, 6) is 0.736. The number of anilines is 1. The highest BCUT2D eigenvalue weighted by atomic mass is 35.5. The molecule has 132 valence electrons. The summed E-state index contributed by atoms with van der Waals surface area (Å²) in [6.45, 7) is 1.22. The van der Waals surface area contributed by atoms with Gasteiger partial charge in [-0.15, -0.1) is 0 Å². The molecule has 1 aromatic carbocycles. The standard InChI is InChI=1S/C19H21ClN2O3/c1-25-16-5-2-4-14(10-16)11-19(18(23)24)8-3-9-22(13-19)17-7-6-15(20)12-21-17/h2,4-7,10,12H,3,8-9,11,13H2,1H3,(H,23,24)/t19-/m1/s1. The van der Waals surface area contributed by atoms with Crippen molar-refractivity contribution in [2.24, 2.45) is 5.41 Å². The molecule has 2 heterocycles. The lowest BCUT2D eigenvalue weighted by Gasteiger charge is -2.40. The first-order chi connectivity index (χ1) is 12.0. The number of rotatable bonds is 5. The SMILES string of the molecule is COc1cccc(C[C@]2(C(=O)O)CCCN(c3ccc(Cl)cn3)C2)c1. The lowest BCUT2D eigenvalue weighted by atomic mass is 9.75. The minimum Gasteiger partial charge on any atom is -0.497 e. The lowest BCUT2D eigenvalue weighted by molar-refractivity contribution is -0.149. The van der Waals surface area contributed by atoms with E-state index in [-0.39, 0.29) is 0 Å². The van der Waals surface area contributed by atoms with Crippen LogP contribution in [0.15, 0.2) is 42.6 Å². The van der Waals surface area contributed by atoms with Crippen molar-refractivity contribution in [3.05, 3.63) is 53.2 Å². The first kappa shape index (κ1) is 17.5. The van der Waals surface area contributed by atoms with E-state index < -0.39 is 11.4 Å². The smallest absolute Gasteiger partial charge is 0.311 e. The maximum absolute atomic E-state index is 12.2. The fraction of sp³-hybridized carbons (Fsp3) is 0.368. The molecule has 0 spiro atoms. The Hall–Kier alpha value is -2.27. The molecule has 1 saturated heterocycles. The van der Waals surface area contributed by atoms with Crippen LogP contribution in [-0.4, -0.2) is 36.3 Å². The summed E-state index contributed by atoms with van der Waals surface area (Å²) in [5, 5.41) is 10.6. The van der Waals surface area contributed by atoms with Gasteiger partial charge in [0.15, 0.2) is 0 Å². The zero-order valence-corrected chi connectivity index (χ0v) is 14.9. The number of methoxy groups -OCH3 is 1. The third-order valence-electron chi connectivity index (χ3n) is 4.74. The first-order valence-corrected chi connectivity index (χ1v) is 8.63. The molecule has 0 bridgehead atoms. The normalized spacial score (nSPS) is 20.3. The van der Waals surface area contributed by atoms with Crippen molar-refractivity contribution >= 4 is 23.4 Å². The molecule has 0 saturated carbocycles. The Labute approximate surface area is 152 Å². The third kappa shape index (κ3) is 3.87. The number of carboxylic acids is 1. The van der Waals surface area contributed by atoms with Gasteiger partial charge in [0.2, 0.25) is 0 Å². The first-order valence-electron chi connectivity index (χ1n) is 8.25. The Morgan fingerprint density at radius 2 is 2.24 bits per heavy atom. The Morgan fingerprint density at radius 1 is 1.40 bits per heavy atom. The number of aliphatic carboxylic acids is 1. The molecular weight excluding hydrogens is 340 g/mol. The molecular formula is C19H21ClN2O3. The molecule has 1 aromatic heterocycles. The highest BCUT2D eigenvalue weighted by Gasteiger charge is 2.42. The molecule has 1 fully saturated rings. The van der Waals surface area contributed by atoms with Gasteiger partial charge in [-0.3, -0.25) is 4.79 Å². The summed E-state index contributed by atoms with van der Waals surface area (Å²) in [4.78, 5) is 18.5. The highest BCUT2D eigenvalue weighted by Crippen LogP contribution is 2.36. The van der Waals surface area contributed by atoms with Crippen LogP contribution < -0.4 is 9.64 Å². The van der Waals surface area contributed by atoms with Gasteiger partial charge in [-0.2, -0.15) is 0 Å². The number of carbonyl (C=O) groups is 1. The average Bonchev–Trinajstić information content (AvgIpc) is 2.62. The van der Waals surface area contributed by atoms with Crippen LogP contribution in [0.2, 0.25) is 5.02 Å². The fourth-order valence-corrected chi connectivity index (χ4v) is 3.56. The molecule has 6 heteroatoms. The van der Waals surface area contributed by atoms with Gasteiger partial charge >= 0.3 is 5.97 Å². The molecule has 5 nitrogen and oxygen atoms in total. The minimum absolute atomic E-state index is 0.425. The summed E-state index contributed by atoms with van der Waals surface area (Å²) < 4.78 is 5.26. The van der Waals surface area contributed by atoms with Gasteiger partial charge < -0.3 is 14.7 Å². The van der Waals surface area contributed by atoms with E-state index >= 15 is 0 Å². The molecule has 25 heavy (non-hydrogen) atoms. The molecule has 3 rings (SSSR count).